The van der Waals surface area contributed by atoms with Gasteiger partial charge in [-0.3, -0.25) is 4.79 Å². The number of carbonyl (C=O) groups is 1. The van der Waals surface area contributed by atoms with Gasteiger partial charge in [-0.05, 0) is 42.9 Å². The molecule has 1 aromatic rings. The molecule has 0 saturated carbocycles. The number of aliphatic hydroxyl groups is 1. The fourth-order valence-corrected chi connectivity index (χ4v) is 1.47. The summed E-state index contributed by atoms with van der Waals surface area (Å²) in [5.74, 6) is 4.70. The normalized spacial score (nSPS) is 11.4. The first-order valence-electron chi connectivity index (χ1n) is 5.05. The second-order valence-corrected chi connectivity index (χ2v) is 4.13. The summed E-state index contributed by atoms with van der Waals surface area (Å²) in [5, 5.41) is 9.21. The summed E-state index contributed by atoms with van der Waals surface area (Å²) < 4.78 is 0. The summed E-state index contributed by atoms with van der Waals surface area (Å²) in [7, 11) is 0. The van der Waals surface area contributed by atoms with Gasteiger partial charge in [0.15, 0.2) is 0 Å². The molecule has 0 aliphatic heterocycles. The Morgan fingerprint density at radius 3 is 2.56 bits per heavy atom. The van der Waals surface area contributed by atoms with E-state index in [0.29, 0.717) is 12.0 Å². The standard InChI is InChI=1S/C13H14O2S/c1-3-11(14)6-9-13(15)10-4-7-12(16-2)8-5-10/h4-5,7-8,11,14H,3H2,1-2H3. The molecule has 3 heteroatoms. The lowest BCUT2D eigenvalue weighted by atomic mass is 10.1. The number of carbonyl (C=O) groups excluding carboxylic acids is 1. The van der Waals surface area contributed by atoms with Crippen LogP contribution in [0.15, 0.2) is 29.2 Å². The Balaban J connectivity index is 2.75. The van der Waals surface area contributed by atoms with Crippen LogP contribution in [0.4, 0.5) is 0 Å². The number of hydrogen-bond donors (Lipinski definition) is 1. The average molecular weight is 234 g/mol. The van der Waals surface area contributed by atoms with Crippen LogP contribution in [0.1, 0.15) is 23.7 Å². The molecule has 0 aliphatic carbocycles. The number of Topliss-reactive ketones (excluding diaryl/α,β-unsaturated/α-hetero) is 1. The van der Waals surface area contributed by atoms with E-state index in [1.807, 2.05) is 25.3 Å². The lowest BCUT2D eigenvalue weighted by Crippen LogP contribution is -2.01. The first-order chi connectivity index (χ1) is 7.67. The minimum Gasteiger partial charge on any atom is -0.380 e. The highest BCUT2D eigenvalue weighted by molar-refractivity contribution is 7.98. The molecule has 2 nitrogen and oxygen atoms in total. The summed E-state index contributed by atoms with van der Waals surface area (Å²) in [6, 6.07) is 7.27. The van der Waals surface area contributed by atoms with Crippen LogP contribution in [-0.2, 0) is 0 Å². The molecule has 0 fully saturated rings. The highest BCUT2D eigenvalue weighted by Gasteiger charge is 2.02. The smallest absolute Gasteiger partial charge is 0.235 e. The maximum atomic E-state index is 11.6. The lowest BCUT2D eigenvalue weighted by molar-refractivity contribution is 0.105. The second-order valence-electron chi connectivity index (χ2n) is 3.25. The van der Waals surface area contributed by atoms with Gasteiger partial charge < -0.3 is 5.11 Å². The van der Waals surface area contributed by atoms with Crippen molar-refractivity contribution in [2.45, 2.75) is 24.3 Å². The maximum absolute atomic E-state index is 11.6. The lowest BCUT2D eigenvalue weighted by Gasteiger charge is -1.97. The van der Waals surface area contributed by atoms with E-state index < -0.39 is 6.10 Å². The van der Waals surface area contributed by atoms with Crippen LogP contribution in [0.3, 0.4) is 0 Å². The maximum Gasteiger partial charge on any atom is 0.235 e. The average Bonchev–Trinajstić information content (AvgIpc) is 2.35. The number of aliphatic hydroxyl groups excluding tert-OH is 1. The van der Waals surface area contributed by atoms with Crippen molar-refractivity contribution in [3.05, 3.63) is 29.8 Å². The van der Waals surface area contributed by atoms with E-state index in [1.54, 1.807) is 23.9 Å². The molecule has 0 saturated heterocycles. The van der Waals surface area contributed by atoms with Crippen molar-refractivity contribution >= 4 is 17.5 Å². The van der Waals surface area contributed by atoms with Crippen LogP contribution in [0, 0.1) is 11.8 Å². The van der Waals surface area contributed by atoms with Crippen molar-refractivity contribution in [1.29, 1.82) is 0 Å². The number of rotatable bonds is 3. The largest absolute Gasteiger partial charge is 0.380 e. The monoisotopic (exact) mass is 234 g/mol. The zero-order valence-electron chi connectivity index (χ0n) is 9.36. The van der Waals surface area contributed by atoms with Crippen molar-refractivity contribution in [3.63, 3.8) is 0 Å². The van der Waals surface area contributed by atoms with Gasteiger partial charge in [0.2, 0.25) is 5.78 Å². The summed E-state index contributed by atoms with van der Waals surface area (Å²) in [4.78, 5) is 12.7. The summed E-state index contributed by atoms with van der Waals surface area (Å²) in [6.07, 6.45) is 1.80. The summed E-state index contributed by atoms with van der Waals surface area (Å²) >= 11 is 1.62. The minimum atomic E-state index is -0.713. The quantitative estimate of drug-likeness (QED) is 0.377. The van der Waals surface area contributed by atoms with Crippen molar-refractivity contribution in [1.82, 2.24) is 0 Å². The van der Waals surface area contributed by atoms with E-state index in [4.69, 9.17) is 0 Å². The third-order valence-electron chi connectivity index (χ3n) is 2.09. The van der Waals surface area contributed by atoms with Crippen molar-refractivity contribution in [2.75, 3.05) is 6.26 Å². The molecule has 0 bridgehead atoms. The van der Waals surface area contributed by atoms with Crippen LogP contribution in [0.5, 0.6) is 0 Å². The van der Waals surface area contributed by atoms with Crippen LogP contribution in [0.25, 0.3) is 0 Å². The Kier molecular flexibility index (Phi) is 5.10. The van der Waals surface area contributed by atoms with Gasteiger partial charge in [-0.1, -0.05) is 12.8 Å². The van der Waals surface area contributed by atoms with Crippen LogP contribution >= 0.6 is 11.8 Å². The van der Waals surface area contributed by atoms with Crippen LogP contribution in [0.2, 0.25) is 0 Å². The molecule has 0 amide bonds. The second kappa shape index (κ2) is 6.37. The third kappa shape index (κ3) is 3.73. The van der Waals surface area contributed by atoms with Crippen molar-refractivity contribution < 1.29 is 9.90 Å². The number of ketones is 1. The van der Waals surface area contributed by atoms with Gasteiger partial charge in [0, 0.05) is 10.5 Å². The van der Waals surface area contributed by atoms with Gasteiger partial charge >= 0.3 is 0 Å². The Bertz CT molecular complexity index is 412. The molecule has 16 heavy (non-hydrogen) atoms. The van der Waals surface area contributed by atoms with Gasteiger partial charge in [-0.15, -0.1) is 11.8 Å². The highest BCUT2D eigenvalue weighted by atomic mass is 32.2. The number of hydrogen-bond acceptors (Lipinski definition) is 3. The molecule has 84 valence electrons. The van der Waals surface area contributed by atoms with Gasteiger partial charge in [-0.2, -0.15) is 0 Å². The molecular weight excluding hydrogens is 220 g/mol. The molecule has 1 unspecified atom stereocenters. The van der Waals surface area contributed by atoms with E-state index in [0.717, 1.165) is 4.90 Å². The Morgan fingerprint density at radius 1 is 1.44 bits per heavy atom. The molecule has 0 spiro atoms. The molecule has 0 radical (unpaired) electrons. The first kappa shape index (κ1) is 12.8. The Hall–Kier alpha value is -1.24. The van der Waals surface area contributed by atoms with E-state index in [2.05, 4.69) is 11.8 Å². The zero-order chi connectivity index (χ0) is 12.0. The molecule has 0 aromatic heterocycles. The van der Waals surface area contributed by atoms with Gasteiger partial charge in [0.1, 0.15) is 6.10 Å². The molecule has 1 rings (SSSR count). The summed E-state index contributed by atoms with van der Waals surface area (Å²) in [5.41, 5.74) is 0.564. The fraction of sp³-hybridized carbons (Fsp3) is 0.308. The van der Waals surface area contributed by atoms with E-state index in [9.17, 15) is 9.90 Å². The van der Waals surface area contributed by atoms with E-state index in [1.165, 1.54) is 0 Å². The molecule has 0 heterocycles. The van der Waals surface area contributed by atoms with Crippen LogP contribution < -0.4 is 0 Å². The molecule has 1 atom stereocenters. The van der Waals surface area contributed by atoms with Gasteiger partial charge in [0.05, 0.1) is 0 Å². The Morgan fingerprint density at radius 2 is 2.06 bits per heavy atom. The summed E-state index contributed by atoms with van der Waals surface area (Å²) in [6.45, 7) is 1.82. The fourth-order valence-electron chi connectivity index (χ4n) is 1.07. The van der Waals surface area contributed by atoms with Crippen molar-refractivity contribution in [2.24, 2.45) is 0 Å². The molecule has 1 N–H and O–H groups in total. The van der Waals surface area contributed by atoms with Crippen molar-refractivity contribution in [3.8, 4) is 11.8 Å². The predicted molar refractivity (Wildman–Crippen MR) is 66.6 cm³/mol. The van der Waals surface area contributed by atoms with Gasteiger partial charge in [-0.25, -0.2) is 0 Å². The SMILES string of the molecule is CCC(O)C#CC(=O)c1ccc(SC)cc1. The highest BCUT2D eigenvalue weighted by Crippen LogP contribution is 2.14. The van der Waals surface area contributed by atoms with E-state index in [-0.39, 0.29) is 5.78 Å². The Labute approximate surface area is 100 Å². The zero-order valence-corrected chi connectivity index (χ0v) is 10.2. The van der Waals surface area contributed by atoms with Crippen LogP contribution in [-0.4, -0.2) is 23.2 Å². The number of thioether (sulfide) groups is 1. The van der Waals surface area contributed by atoms with E-state index >= 15 is 0 Å². The van der Waals surface area contributed by atoms with Gasteiger partial charge in [0.25, 0.3) is 0 Å². The predicted octanol–water partition coefficient (Wildman–Crippen LogP) is 2.37. The molecule has 1 aromatic carbocycles. The molecule has 0 aliphatic rings. The third-order valence-corrected chi connectivity index (χ3v) is 2.83. The molecular formula is C13H14O2S. The number of benzene rings is 1. The minimum absolute atomic E-state index is 0.250. The first-order valence-corrected chi connectivity index (χ1v) is 6.27. The topological polar surface area (TPSA) is 37.3 Å².